The molecule has 2 heterocycles. The van der Waals surface area contributed by atoms with E-state index in [2.05, 4.69) is 53.1 Å². The van der Waals surface area contributed by atoms with Crippen LogP contribution in [0.15, 0.2) is 57.5 Å². The van der Waals surface area contributed by atoms with Crippen molar-refractivity contribution in [2.75, 3.05) is 0 Å². The first-order chi connectivity index (χ1) is 13.8. The zero-order chi connectivity index (χ0) is 20.8. The molecular formula is C19H14Br2N4O2S2. The van der Waals surface area contributed by atoms with Gasteiger partial charge in [0.1, 0.15) is 0 Å². The van der Waals surface area contributed by atoms with Crippen molar-refractivity contribution in [2.45, 2.75) is 12.1 Å². The maximum absolute atomic E-state index is 13.4. The first kappa shape index (κ1) is 20.4. The molecule has 2 atom stereocenters. The maximum Gasteiger partial charge on any atom is 0.246 e. The molecule has 2 amide bonds. The van der Waals surface area contributed by atoms with Crippen LogP contribution in [0.4, 0.5) is 0 Å². The van der Waals surface area contributed by atoms with E-state index in [-0.39, 0.29) is 5.11 Å². The van der Waals surface area contributed by atoms with Crippen molar-refractivity contribution >= 4 is 78.3 Å². The third-order valence-electron chi connectivity index (χ3n) is 5.03. The molecule has 0 unspecified atom stereocenters. The highest BCUT2D eigenvalue weighted by molar-refractivity contribution is 9.10. The molecule has 0 bridgehead atoms. The molecule has 2 aromatic rings. The molecule has 2 aromatic carbocycles. The summed E-state index contributed by atoms with van der Waals surface area (Å²) in [5, 5.41) is 11.9. The highest BCUT2D eigenvalue weighted by Gasteiger charge is 2.63. The fraction of sp³-hybridized carbons (Fsp3) is 0.158. The molecule has 6 nitrogen and oxygen atoms in total. The molecule has 2 saturated heterocycles. The number of nitrogens with one attached hydrogen (secondary N) is 4. The Hall–Kier alpha value is -1.88. The van der Waals surface area contributed by atoms with Crippen molar-refractivity contribution in [2.24, 2.45) is 5.41 Å². The lowest BCUT2D eigenvalue weighted by Gasteiger charge is -2.50. The summed E-state index contributed by atoms with van der Waals surface area (Å²) < 4.78 is 1.64. The molecule has 148 valence electrons. The molecule has 10 heteroatoms. The first-order valence-electron chi connectivity index (χ1n) is 8.57. The quantitative estimate of drug-likeness (QED) is 0.338. The van der Waals surface area contributed by atoms with Gasteiger partial charge in [0.05, 0.1) is 12.1 Å². The maximum atomic E-state index is 13.4. The minimum absolute atomic E-state index is 0.0141. The second-order valence-electron chi connectivity index (χ2n) is 6.70. The highest BCUT2D eigenvalue weighted by atomic mass is 79.9. The number of carbonyl (C=O) groups excluding carboxylic acids is 2. The Morgan fingerprint density at radius 2 is 1.21 bits per heavy atom. The van der Waals surface area contributed by atoms with Crippen LogP contribution in [0, 0.1) is 5.41 Å². The van der Waals surface area contributed by atoms with Gasteiger partial charge in [0, 0.05) is 8.95 Å². The lowest BCUT2D eigenvalue weighted by Crippen LogP contribution is -2.73. The third kappa shape index (κ3) is 3.48. The Balaban J connectivity index is 1.96. The van der Waals surface area contributed by atoms with Gasteiger partial charge in [-0.2, -0.15) is 0 Å². The number of hydrogen-bond donors (Lipinski definition) is 4. The van der Waals surface area contributed by atoms with E-state index >= 15 is 0 Å². The van der Waals surface area contributed by atoms with E-state index in [0.717, 1.165) is 20.1 Å². The van der Waals surface area contributed by atoms with Crippen molar-refractivity contribution in [3.63, 3.8) is 0 Å². The van der Waals surface area contributed by atoms with E-state index in [0.29, 0.717) is 5.11 Å². The minimum Gasteiger partial charge on any atom is -0.354 e. The summed E-state index contributed by atoms with van der Waals surface area (Å²) in [7, 11) is 0. The standard InChI is InChI=1S/C19H14Br2N4O2S2/c20-11-5-1-3-9(7-11)13-19(15(26)24-18(29)25-16(19)27)14(23-17(28)22-13)10-4-2-6-12(21)8-10/h1-8,13-14H,(H2,22,23,28)(H2,24,25,26,27,29)/t13-,14-/m0/s1. The Morgan fingerprint density at radius 3 is 1.62 bits per heavy atom. The van der Waals surface area contributed by atoms with Crippen LogP contribution in [0.25, 0.3) is 0 Å². The molecular weight excluding hydrogens is 540 g/mol. The van der Waals surface area contributed by atoms with Crippen LogP contribution in [0.5, 0.6) is 0 Å². The molecule has 0 aliphatic carbocycles. The van der Waals surface area contributed by atoms with Crippen LogP contribution in [0.2, 0.25) is 0 Å². The third-order valence-corrected chi connectivity index (χ3v) is 6.46. The molecule has 4 rings (SSSR count). The van der Waals surface area contributed by atoms with Crippen LogP contribution in [0.3, 0.4) is 0 Å². The van der Waals surface area contributed by atoms with Crippen molar-refractivity contribution < 1.29 is 9.59 Å². The van der Waals surface area contributed by atoms with E-state index in [1.165, 1.54) is 0 Å². The Kier molecular flexibility index (Phi) is 5.45. The SMILES string of the molecule is O=C1NC(=S)NC(=O)C12[C@H](c1cccc(Br)c1)NC(=S)N[C@H]2c1cccc(Br)c1. The van der Waals surface area contributed by atoms with Gasteiger partial charge in [0.15, 0.2) is 15.6 Å². The summed E-state index contributed by atoms with van der Waals surface area (Å²) >= 11 is 17.4. The van der Waals surface area contributed by atoms with E-state index in [4.69, 9.17) is 24.4 Å². The van der Waals surface area contributed by atoms with Gasteiger partial charge in [0.25, 0.3) is 0 Å². The normalized spacial score (nSPS) is 23.1. The van der Waals surface area contributed by atoms with Gasteiger partial charge >= 0.3 is 0 Å². The molecule has 0 aromatic heterocycles. The molecule has 2 fully saturated rings. The van der Waals surface area contributed by atoms with Crippen LogP contribution in [0.1, 0.15) is 23.2 Å². The Bertz CT molecular complexity index is 983. The van der Waals surface area contributed by atoms with Gasteiger partial charge < -0.3 is 21.3 Å². The lowest BCUT2D eigenvalue weighted by atomic mass is 9.66. The zero-order valence-electron chi connectivity index (χ0n) is 14.7. The summed E-state index contributed by atoms with van der Waals surface area (Å²) in [6.45, 7) is 0. The molecule has 1 spiro atoms. The number of rotatable bonds is 2. The van der Waals surface area contributed by atoms with E-state index < -0.39 is 29.3 Å². The largest absolute Gasteiger partial charge is 0.354 e. The monoisotopic (exact) mass is 552 g/mol. The summed E-state index contributed by atoms with van der Waals surface area (Å²) in [5.41, 5.74) is -0.102. The summed E-state index contributed by atoms with van der Waals surface area (Å²) in [6.07, 6.45) is 0. The van der Waals surface area contributed by atoms with Gasteiger partial charge in [-0.3, -0.25) is 9.59 Å². The average Bonchev–Trinajstić information content (AvgIpc) is 2.66. The fourth-order valence-electron chi connectivity index (χ4n) is 3.83. The molecule has 0 radical (unpaired) electrons. The topological polar surface area (TPSA) is 82.3 Å². The Labute approximate surface area is 194 Å². The minimum atomic E-state index is -1.58. The van der Waals surface area contributed by atoms with Crippen LogP contribution < -0.4 is 21.3 Å². The average molecular weight is 554 g/mol. The first-order valence-corrected chi connectivity index (χ1v) is 11.0. The predicted octanol–water partition coefficient (Wildman–Crippen LogP) is 2.99. The predicted molar refractivity (Wildman–Crippen MR) is 124 cm³/mol. The fourth-order valence-corrected chi connectivity index (χ4v) is 5.09. The van der Waals surface area contributed by atoms with Gasteiger partial charge in [0.2, 0.25) is 11.8 Å². The number of thiocarbonyl (C=S) groups is 2. The van der Waals surface area contributed by atoms with E-state index in [1.807, 2.05) is 48.5 Å². The molecule has 0 saturated carbocycles. The number of carbonyl (C=O) groups is 2. The second-order valence-corrected chi connectivity index (χ2v) is 9.35. The lowest BCUT2D eigenvalue weighted by molar-refractivity contribution is -0.149. The number of benzene rings is 2. The van der Waals surface area contributed by atoms with Crippen molar-refractivity contribution in [3.05, 3.63) is 68.6 Å². The second kappa shape index (κ2) is 7.75. The zero-order valence-corrected chi connectivity index (χ0v) is 19.5. The number of amides is 2. The van der Waals surface area contributed by atoms with Crippen LogP contribution in [-0.4, -0.2) is 22.0 Å². The molecule has 4 N–H and O–H groups in total. The van der Waals surface area contributed by atoms with Crippen molar-refractivity contribution in [3.8, 4) is 0 Å². The van der Waals surface area contributed by atoms with Crippen molar-refractivity contribution in [1.82, 2.24) is 21.3 Å². The number of halogens is 2. The van der Waals surface area contributed by atoms with Gasteiger partial charge in [-0.15, -0.1) is 0 Å². The van der Waals surface area contributed by atoms with Gasteiger partial charge in [-0.1, -0.05) is 56.1 Å². The number of hydrogen-bond acceptors (Lipinski definition) is 4. The highest BCUT2D eigenvalue weighted by Crippen LogP contribution is 2.48. The Morgan fingerprint density at radius 1 is 0.759 bits per heavy atom. The summed E-state index contributed by atoms with van der Waals surface area (Å²) in [5.74, 6) is -0.993. The summed E-state index contributed by atoms with van der Waals surface area (Å²) in [4.78, 5) is 26.9. The van der Waals surface area contributed by atoms with Crippen LogP contribution in [-0.2, 0) is 9.59 Å². The molecule has 2 aliphatic heterocycles. The summed E-state index contributed by atoms with van der Waals surface area (Å²) in [6, 6.07) is 13.4. The van der Waals surface area contributed by atoms with Crippen LogP contribution >= 0.6 is 56.3 Å². The van der Waals surface area contributed by atoms with E-state index in [9.17, 15) is 9.59 Å². The van der Waals surface area contributed by atoms with Crippen molar-refractivity contribution in [1.29, 1.82) is 0 Å². The molecule has 2 aliphatic rings. The molecule has 29 heavy (non-hydrogen) atoms. The van der Waals surface area contributed by atoms with Gasteiger partial charge in [-0.25, -0.2) is 0 Å². The van der Waals surface area contributed by atoms with E-state index in [1.54, 1.807) is 0 Å². The smallest absolute Gasteiger partial charge is 0.246 e. The van der Waals surface area contributed by atoms with Gasteiger partial charge in [-0.05, 0) is 59.8 Å².